The van der Waals surface area contributed by atoms with Gasteiger partial charge in [-0.25, -0.2) is 0 Å². The molecule has 0 saturated carbocycles. The second kappa shape index (κ2) is 5.54. The van der Waals surface area contributed by atoms with Crippen molar-refractivity contribution in [1.82, 2.24) is 0 Å². The van der Waals surface area contributed by atoms with Crippen LogP contribution in [0, 0.1) is 5.41 Å². The number of ether oxygens (including phenoxy) is 1. The number of nitrogens with one attached hydrogen (secondary N) is 1. The molecule has 4 heteroatoms. The molecule has 1 aromatic rings. The lowest BCUT2D eigenvalue weighted by molar-refractivity contribution is -0.117. The molecular formula is C13H18BrNO2. The number of anilines is 1. The Morgan fingerprint density at radius 1 is 1.41 bits per heavy atom. The summed E-state index contributed by atoms with van der Waals surface area (Å²) >= 11 is 3.37. The molecule has 17 heavy (non-hydrogen) atoms. The monoisotopic (exact) mass is 299 g/mol. The Kier molecular flexibility index (Phi) is 4.57. The number of carbonyl (C=O) groups excluding carboxylic acids is 1. The Morgan fingerprint density at radius 3 is 2.59 bits per heavy atom. The summed E-state index contributed by atoms with van der Waals surface area (Å²) in [5.74, 6) is 0.657. The normalized spacial score (nSPS) is 11.1. The molecule has 0 aliphatic rings. The number of hydrogen-bond donors (Lipinski definition) is 1. The van der Waals surface area contributed by atoms with Crippen LogP contribution in [-0.2, 0) is 4.79 Å². The van der Waals surface area contributed by atoms with Gasteiger partial charge >= 0.3 is 0 Å². The van der Waals surface area contributed by atoms with Crippen molar-refractivity contribution in [3.8, 4) is 5.75 Å². The lowest BCUT2D eigenvalue weighted by Crippen LogP contribution is -2.19. The molecule has 0 fully saturated rings. The molecule has 0 unspecified atom stereocenters. The van der Waals surface area contributed by atoms with Crippen molar-refractivity contribution < 1.29 is 9.53 Å². The van der Waals surface area contributed by atoms with Crippen LogP contribution in [0.15, 0.2) is 22.7 Å². The minimum Gasteiger partial charge on any atom is -0.495 e. The summed E-state index contributed by atoms with van der Waals surface area (Å²) in [6, 6.07) is 5.52. The molecule has 3 nitrogen and oxygen atoms in total. The Balaban J connectivity index is 2.80. The van der Waals surface area contributed by atoms with Crippen molar-refractivity contribution >= 4 is 27.5 Å². The van der Waals surface area contributed by atoms with Gasteiger partial charge in [0.25, 0.3) is 0 Å². The molecule has 0 aromatic heterocycles. The van der Waals surface area contributed by atoms with E-state index in [1.807, 2.05) is 39.0 Å². The van der Waals surface area contributed by atoms with E-state index in [4.69, 9.17) is 4.74 Å². The molecule has 1 N–H and O–H groups in total. The summed E-state index contributed by atoms with van der Waals surface area (Å²) in [7, 11) is 1.59. The zero-order valence-electron chi connectivity index (χ0n) is 10.6. The van der Waals surface area contributed by atoms with Crippen LogP contribution in [0.2, 0.25) is 0 Å². The number of amides is 1. The predicted octanol–water partition coefficient (Wildman–Crippen LogP) is 3.83. The zero-order valence-corrected chi connectivity index (χ0v) is 12.2. The molecule has 0 spiro atoms. The summed E-state index contributed by atoms with van der Waals surface area (Å²) in [6.07, 6.45) is 0.475. The van der Waals surface area contributed by atoms with E-state index in [0.717, 1.165) is 4.47 Å². The maximum Gasteiger partial charge on any atom is 0.224 e. The first-order valence-corrected chi connectivity index (χ1v) is 6.24. The van der Waals surface area contributed by atoms with Gasteiger partial charge in [0.15, 0.2) is 0 Å². The van der Waals surface area contributed by atoms with Crippen LogP contribution < -0.4 is 10.1 Å². The highest BCUT2D eigenvalue weighted by atomic mass is 79.9. The van der Waals surface area contributed by atoms with Gasteiger partial charge in [-0.15, -0.1) is 0 Å². The van der Waals surface area contributed by atoms with Gasteiger partial charge in [0.05, 0.1) is 12.8 Å². The third-order valence-electron chi connectivity index (χ3n) is 2.13. The van der Waals surface area contributed by atoms with Crippen molar-refractivity contribution in [3.05, 3.63) is 22.7 Å². The van der Waals surface area contributed by atoms with E-state index in [1.165, 1.54) is 0 Å². The molecule has 1 rings (SSSR count). The SMILES string of the molecule is COc1ccc(Br)cc1NC(=O)CC(C)(C)C. The third-order valence-corrected chi connectivity index (χ3v) is 2.62. The van der Waals surface area contributed by atoms with E-state index in [-0.39, 0.29) is 11.3 Å². The van der Waals surface area contributed by atoms with E-state index >= 15 is 0 Å². The highest BCUT2D eigenvalue weighted by molar-refractivity contribution is 9.10. The van der Waals surface area contributed by atoms with Crippen molar-refractivity contribution in [3.63, 3.8) is 0 Å². The second-order valence-electron chi connectivity index (χ2n) is 5.13. The molecule has 0 heterocycles. The van der Waals surface area contributed by atoms with E-state index in [9.17, 15) is 4.79 Å². The van der Waals surface area contributed by atoms with Crippen molar-refractivity contribution in [2.24, 2.45) is 5.41 Å². The average molecular weight is 300 g/mol. The van der Waals surface area contributed by atoms with Gasteiger partial charge in [-0.1, -0.05) is 36.7 Å². The Labute approximate surface area is 111 Å². The molecule has 0 saturated heterocycles. The molecule has 0 aliphatic heterocycles. The number of methoxy groups -OCH3 is 1. The summed E-state index contributed by atoms with van der Waals surface area (Å²) in [5.41, 5.74) is 0.666. The van der Waals surface area contributed by atoms with Gasteiger partial charge in [-0.3, -0.25) is 4.79 Å². The third kappa shape index (κ3) is 4.77. The number of hydrogen-bond acceptors (Lipinski definition) is 2. The fourth-order valence-electron chi connectivity index (χ4n) is 1.45. The van der Waals surface area contributed by atoms with Crippen LogP contribution >= 0.6 is 15.9 Å². The number of halogens is 1. The lowest BCUT2D eigenvalue weighted by atomic mass is 9.92. The Morgan fingerprint density at radius 2 is 2.06 bits per heavy atom. The minimum absolute atomic E-state index is 0.00565. The van der Waals surface area contributed by atoms with Crippen molar-refractivity contribution in [1.29, 1.82) is 0 Å². The van der Waals surface area contributed by atoms with E-state index in [1.54, 1.807) is 7.11 Å². The highest BCUT2D eigenvalue weighted by Crippen LogP contribution is 2.29. The first-order chi connectivity index (χ1) is 7.81. The fourth-order valence-corrected chi connectivity index (χ4v) is 1.82. The molecule has 1 amide bonds. The molecule has 0 aliphatic carbocycles. The van der Waals surface area contributed by atoms with Gasteiger partial charge < -0.3 is 10.1 Å². The predicted molar refractivity (Wildman–Crippen MR) is 73.4 cm³/mol. The minimum atomic E-state index is -0.0245. The van der Waals surface area contributed by atoms with Gasteiger partial charge in [0.2, 0.25) is 5.91 Å². The van der Waals surface area contributed by atoms with E-state index in [0.29, 0.717) is 17.9 Å². The Hall–Kier alpha value is -1.03. The van der Waals surface area contributed by atoms with Gasteiger partial charge in [0.1, 0.15) is 5.75 Å². The summed E-state index contributed by atoms with van der Waals surface area (Å²) < 4.78 is 6.10. The molecule has 1 aromatic carbocycles. The van der Waals surface area contributed by atoms with E-state index < -0.39 is 0 Å². The van der Waals surface area contributed by atoms with Crippen LogP contribution in [0.4, 0.5) is 5.69 Å². The fraction of sp³-hybridized carbons (Fsp3) is 0.462. The first kappa shape index (κ1) is 14.0. The molecule has 0 bridgehead atoms. The summed E-state index contributed by atoms with van der Waals surface area (Å²) in [4.78, 5) is 11.8. The van der Waals surface area contributed by atoms with E-state index in [2.05, 4.69) is 21.2 Å². The average Bonchev–Trinajstić information content (AvgIpc) is 2.14. The smallest absolute Gasteiger partial charge is 0.224 e. The summed E-state index contributed by atoms with van der Waals surface area (Å²) in [6.45, 7) is 6.10. The van der Waals surface area contributed by atoms with Gasteiger partial charge in [0, 0.05) is 10.9 Å². The van der Waals surface area contributed by atoms with Gasteiger partial charge in [-0.05, 0) is 23.6 Å². The first-order valence-electron chi connectivity index (χ1n) is 5.45. The maximum atomic E-state index is 11.8. The maximum absolute atomic E-state index is 11.8. The molecular weight excluding hydrogens is 282 g/mol. The van der Waals surface area contributed by atoms with Crippen LogP contribution in [0.3, 0.4) is 0 Å². The largest absolute Gasteiger partial charge is 0.495 e. The van der Waals surface area contributed by atoms with Crippen LogP contribution in [0.5, 0.6) is 5.75 Å². The molecule has 94 valence electrons. The lowest BCUT2D eigenvalue weighted by Gasteiger charge is -2.18. The topological polar surface area (TPSA) is 38.3 Å². The Bertz CT molecular complexity index is 410. The highest BCUT2D eigenvalue weighted by Gasteiger charge is 2.17. The quantitative estimate of drug-likeness (QED) is 0.921. The van der Waals surface area contributed by atoms with Crippen LogP contribution in [0.1, 0.15) is 27.2 Å². The second-order valence-corrected chi connectivity index (χ2v) is 6.05. The van der Waals surface area contributed by atoms with Crippen molar-refractivity contribution in [2.45, 2.75) is 27.2 Å². The van der Waals surface area contributed by atoms with Crippen molar-refractivity contribution in [2.75, 3.05) is 12.4 Å². The zero-order chi connectivity index (χ0) is 13.1. The standard InChI is InChI=1S/C13H18BrNO2/c1-13(2,3)8-12(16)15-10-7-9(14)5-6-11(10)17-4/h5-7H,8H2,1-4H3,(H,15,16). The van der Waals surface area contributed by atoms with Crippen LogP contribution in [0.25, 0.3) is 0 Å². The van der Waals surface area contributed by atoms with Gasteiger partial charge in [-0.2, -0.15) is 0 Å². The van der Waals surface area contributed by atoms with Crippen LogP contribution in [-0.4, -0.2) is 13.0 Å². The summed E-state index contributed by atoms with van der Waals surface area (Å²) in [5, 5.41) is 2.86. The molecule has 0 atom stereocenters. The molecule has 0 radical (unpaired) electrons. The number of benzene rings is 1. The number of carbonyl (C=O) groups is 1. The number of rotatable bonds is 3.